The highest BCUT2D eigenvalue weighted by Crippen LogP contribution is 2.24. The van der Waals surface area contributed by atoms with E-state index in [-0.39, 0.29) is 0 Å². The minimum absolute atomic E-state index is 0.553. The second-order valence-corrected chi connectivity index (χ2v) is 2.83. The Bertz CT molecular complexity index is 328. The fraction of sp³-hybridized carbons (Fsp3) is 0.222. The molecule has 2 aliphatic heterocycles. The third-order valence-corrected chi connectivity index (χ3v) is 2.00. The lowest BCUT2D eigenvalue weighted by Crippen LogP contribution is -2.27. The summed E-state index contributed by atoms with van der Waals surface area (Å²) in [5, 5.41) is 11.8. The monoisotopic (exact) mass is 179 g/mol. The molecule has 0 aromatic rings. The highest BCUT2D eigenvalue weighted by atomic mass is 16.5. The summed E-state index contributed by atoms with van der Waals surface area (Å²) in [6.07, 6.45) is 6.59. The lowest BCUT2D eigenvalue weighted by molar-refractivity contribution is -0.139. The molecular formula is C9H9NO3. The zero-order valence-corrected chi connectivity index (χ0v) is 6.86. The van der Waals surface area contributed by atoms with Gasteiger partial charge in [0.25, 0.3) is 0 Å². The van der Waals surface area contributed by atoms with Crippen molar-refractivity contribution in [2.24, 2.45) is 5.92 Å². The molecule has 1 unspecified atom stereocenters. The van der Waals surface area contributed by atoms with Crippen LogP contribution in [0.3, 0.4) is 0 Å². The van der Waals surface area contributed by atoms with Crippen molar-refractivity contribution in [2.75, 3.05) is 6.54 Å². The van der Waals surface area contributed by atoms with E-state index in [1.54, 1.807) is 6.08 Å². The summed E-state index contributed by atoms with van der Waals surface area (Å²) in [4.78, 5) is 10.8. The molecule has 0 radical (unpaired) electrons. The number of hydrogen-bond acceptors (Lipinski definition) is 3. The van der Waals surface area contributed by atoms with Crippen molar-refractivity contribution < 1.29 is 14.6 Å². The molecule has 2 rings (SSSR count). The van der Waals surface area contributed by atoms with Gasteiger partial charge < -0.3 is 15.2 Å². The number of hydrogen-bond donors (Lipinski definition) is 2. The summed E-state index contributed by atoms with van der Waals surface area (Å²) in [7, 11) is 0. The molecule has 0 amide bonds. The Kier molecular flexibility index (Phi) is 1.81. The van der Waals surface area contributed by atoms with Gasteiger partial charge in [0.1, 0.15) is 5.92 Å². The van der Waals surface area contributed by atoms with Gasteiger partial charge in [-0.1, -0.05) is 12.2 Å². The van der Waals surface area contributed by atoms with Crippen LogP contribution in [0.5, 0.6) is 0 Å². The quantitative estimate of drug-likeness (QED) is 0.619. The van der Waals surface area contributed by atoms with Crippen molar-refractivity contribution >= 4 is 5.97 Å². The molecule has 2 N–H and O–H groups in total. The molecule has 4 nitrogen and oxygen atoms in total. The van der Waals surface area contributed by atoms with Gasteiger partial charge in [-0.15, -0.1) is 0 Å². The van der Waals surface area contributed by atoms with Gasteiger partial charge in [0, 0.05) is 12.1 Å². The van der Waals surface area contributed by atoms with Gasteiger partial charge in [-0.3, -0.25) is 4.79 Å². The fourth-order valence-corrected chi connectivity index (χ4v) is 1.37. The summed E-state index contributed by atoms with van der Waals surface area (Å²) in [6, 6.07) is 0. The summed E-state index contributed by atoms with van der Waals surface area (Å²) < 4.78 is 5.14. The molecule has 4 heteroatoms. The first-order valence-electron chi connectivity index (χ1n) is 4.00. The molecule has 13 heavy (non-hydrogen) atoms. The van der Waals surface area contributed by atoms with Crippen molar-refractivity contribution in [3.63, 3.8) is 0 Å². The number of dihydropyridines is 1. The predicted octanol–water partition coefficient (Wildman–Crippen LogP) is 0.602. The largest absolute Gasteiger partial charge is 0.481 e. The highest BCUT2D eigenvalue weighted by Gasteiger charge is 2.26. The highest BCUT2D eigenvalue weighted by molar-refractivity contribution is 5.77. The molecule has 0 fully saturated rings. The van der Waals surface area contributed by atoms with E-state index in [0.29, 0.717) is 18.0 Å². The van der Waals surface area contributed by atoms with Gasteiger partial charge in [0.15, 0.2) is 5.88 Å². The Balaban J connectivity index is 2.34. The molecule has 2 heterocycles. The van der Waals surface area contributed by atoms with E-state index in [4.69, 9.17) is 9.84 Å². The smallest absolute Gasteiger partial charge is 0.315 e. The molecule has 0 bridgehead atoms. The number of rotatable bonds is 1. The SMILES string of the molecule is O=C(O)C1C=COC2=C1C=CCN2. The van der Waals surface area contributed by atoms with Gasteiger partial charge in [-0.05, 0) is 6.08 Å². The Morgan fingerprint density at radius 2 is 2.54 bits per heavy atom. The first kappa shape index (κ1) is 7.91. The molecule has 0 aromatic heterocycles. The van der Waals surface area contributed by atoms with Crippen LogP contribution in [0.2, 0.25) is 0 Å². The third-order valence-electron chi connectivity index (χ3n) is 2.00. The van der Waals surface area contributed by atoms with Crippen LogP contribution in [0, 0.1) is 5.92 Å². The number of carboxylic acids is 1. The van der Waals surface area contributed by atoms with Crippen LogP contribution < -0.4 is 5.32 Å². The van der Waals surface area contributed by atoms with E-state index in [1.807, 2.05) is 6.08 Å². The van der Waals surface area contributed by atoms with Crippen LogP contribution in [0.4, 0.5) is 0 Å². The maximum absolute atomic E-state index is 10.8. The number of carboxylic acid groups (broad SMARTS) is 1. The van der Waals surface area contributed by atoms with Crippen LogP contribution >= 0.6 is 0 Å². The number of carbonyl (C=O) groups is 1. The minimum atomic E-state index is -0.861. The van der Waals surface area contributed by atoms with Crippen LogP contribution in [-0.4, -0.2) is 17.6 Å². The molecule has 0 saturated carbocycles. The van der Waals surface area contributed by atoms with Crippen LogP contribution in [0.25, 0.3) is 0 Å². The Morgan fingerprint density at radius 3 is 3.31 bits per heavy atom. The summed E-state index contributed by atoms with van der Waals surface area (Å²) in [5.74, 6) is -0.898. The van der Waals surface area contributed by atoms with Crippen molar-refractivity contribution in [3.05, 3.63) is 35.9 Å². The van der Waals surface area contributed by atoms with E-state index in [2.05, 4.69) is 5.32 Å². The van der Waals surface area contributed by atoms with Gasteiger partial charge in [-0.2, -0.15) is 0 Å². The fourth-order valence-electron chi connectivity index (χ4n) is 1.37. The molecule has 0 saturated heterocycles. The van der Waals surface area contributed by atoms with Gasteiger partial charge in [-0.25, -0.2) is 0 Å². The van der Waals surface area contributed by atoms with Crippen molar-refractivity contribution in [1.82, 2.24) is 5.32 Å². The van der Waals surface area contributed by atoms with Crippen molar-refractivity contribution in [3.8, 4) is 0 Å². The van der Waals surface area contributed by atoms with Crippen molar-refractivity contribution in [2.45, 2.75) is 0 Å². The second-order valence-electron chi connectivity index (χ2n) is 2.83. The molecular weight excluding hydrogens is 170 g/mol. The van der Waals surface area contributed by atoms with Gasteiger partial charge in [0.05, 0.1) is 6.26 Å². The van der Waals surface area contributed by atoms with Crippen molar-refractivity contribution in [1.29, 1.82) is 0 Å². The zero-order chi connectivity index (χ0) is 9.26. The number of allylic oxidation sites excluding steroid dienone is 1. The molecule has 68 valence electrons. The van der Waals surface area contributed by atoms with E-state index >= 15 is 0 Å². The van der Waals surface area contributed by atoms with Crippen LogP contribution in [-0.2, 0) is 9.53 Å². The van der Waals surface area contributed by atoms with E-state index in [1.165, 1.54) is 12.3 Å². The lowest BCUT2D eigenvalue weighted by atomic mass is 9.96. The zero-order valence-electron chi connectivity index (χ0n) is 6.86. The van der Waals surface area contributed by atoms with Crippen LogP contribution in [0.15, 0.2) is 35.9 Å². The van der Waals surface area contributed by atoms with E-state index < -0.39 is 11.9 Å². The van der Waals surface area contributed by atoms with Crippen LogP contribution in [0.1, 0.15) is 0 Å². The standard InChI is InChI=1S/C9H9NO3/c11-9(12)7-3-5-13-8-6(7)2-1-4-10-8/h1-3,5,7,10H,4H2,(H,11,12). The number of aliphatic carboxylic acids is 1. The predicted molar refractivity (Wildman–Crippen MR) is 45.5 cm³/mol. The number of nitrogens with one attached hydrogen (secondary N) is 1. The maximum atomic E-state index is 10.8. The molecule has 0 aromatic carbocycles. The lowest BCUT2D eigenvalue weighted by Gasteiger charge is -2.22. The Hall–Kier alpha value is -1.71. The average molecular weight is 179 g/mol. The topological polar surface area (TPSA) is 58.6 Å². The second kappa shape index (κ2) is 2.97. The molecule has 2 aliphatic rings. The summed E-state index contributed by atoms with van der Waals surface area (Å²) in [5.41, 5.74) is 0.682. The maximum Gasteiger partial charge on any atom is 0.315 e. The molecule has 1 atom stereocenters. The third kappa shape index (κ3) is 1.30. The minimum Gasteiger partial charge on any atom is -0.481 e. The summed E-state index contributed by atoms with van der Waals surface area (Å²) in [6.45, 7) is 0.680. The first-order valence-corrected chi connectivity index (χ1v) is 4.00. The summed E-state index contributed by atoms with van der Waals surface area (Å²) >= 11 is 0. The number of ether oxygens (including phenoxy) is 1. The average Bonchev–Trinajstić information content (AvgIpc) is 2.17. The first-order chi connectivity index (χ1) is 6.29. The normalized spacial score (nSPS) is 24.8. The molecule has 0 aliphatic carbocycles. The molecule has 0 spiro atoms. The Morgan fingerprint density at radius 1 is 1.69 bits per heavy atom. The van der Waals surface area contributed by atoms with E-state index in [0.717, 1.165) is 0 Å². The van der Waals surface area contributed by atoms with Gasteiger partial charge in [0.2, 0.25) is 0 Å². The Labute approximate surface area is 75.2 Å². The van der Waals surface area contributed by atoms with Gasteiger partial charge >= 0.3 is 5.97 Å². The van der Waals surface area contributed by atoms with E-state index in [9.17, 15) is 4.79 Å².